The first-order valence-electron chi connectivity index (χ1n) is 6.06. The minimum absolute atomic E-state index is 0.0127. The molecule has 1 amide bonds. The fraction of sp³-hybridized carbons (Fsp3) is 0.462. The molecule has 3 nitrogen and oxygen atoms in total. The van der Waals surface area contributed by atoms with Gasteiger partial charge in [0.2, 0.25) is 5.91 Å². The number of nitrogens with one attached hydrogen (secondary N) is 2. The summed E-state index contributed by atoms with van der Waals surface area (Å²) in [5, 5.41) is 6.80. The first kappa shape index (κ1) is 12.4. The van der Waals surface area contributed by atoms with E-state index in [0.717, 1.165) is 24.2 Å². The Morgan fingerprint density at radius 1 is 1.41 bits per heavy atom. The fourth-order valence-corrected chi connectivity index (χ4v) is 2.24. The molecule has 0 saturated heterocycles. The number of amides is 1. The minimum Gasteiger partial charge on any atom is -0.324 e. The molecule has 17 heavy (non-hydrogen) atoms. The van der Waals surface area contributed by atoms with Crippen LogP contribution in [0, 0.1) is 0 Å². The lowest BCUT2D eigenvalue weighted by molar-refractivity contribution is -0.117. The normalized spacial score (nSPS) is 18.0. The molecule has 1 aliphatic rings. The van der Waals surface area contributed by atoms with Crippen molar-refractivity contribution in [2.24, 2.45) is 0 Å². The van der Waals surface area contributed by atoms with Gasteiger partial charge in [-0.05, 0) is 31.2 Å². The molecule has 2 N–H and O–H groups in total. The van der Waals surface area contributed by atoms with Crippen molar-refractivity contribution in [1.82, 2.24) is 5.32 Å². The molecule has 1 atom stereocenters. The SMILES string of the molecule is CCCCCNC1C(=O)Nc2ccc(Cl)cc21. The van der Waals surface area contributed by atoms with E-state index in [1.165, 1.54) is 12.8 Å². The maximum atomic E-state index is 11.8. The van der Waals surface area contributed by atoms with Gasteiger partial charge in [-0.15, -0.1) is 0 Å². The topological polar surface area (TPSA) is 41.1 Å². The van der Waals surface area contributed by atoms with Crippen LogP contribution < -0.4 is 10.6 Å². The quantitative estimate of drug-likeness (QED) is 0.791. The van der Waals surface area contributed by atoms with E-state index in [1.54, 1.807) is 6.07 Å². The molecule has 0 fully saturated rings. The van der Waals surface area contributed by atoms with E-state index in [9.17, 15) is 4.79 Å². The highest BCUT2D eigenvalue weighted by atomic mass is 35.5. The molecule has 0 radical (unpaired) electrons. The summed E-state index contributed by atoms with van der Waals surface area (Å²) in [6.45, 7) is 3.02. The number of carbonyl (C=O) groups excluding carboxylic acids is 1. The van der Waals surface area contributed by atoms with Crippen molar-refractivity contribution >= 4 is 23.2 Å². The van der Waals surface area contributed by atoms with E-state index in [1.807, 2.05) is 12.1 Å². The summed E-state index contributed by atoms with van der Waals surface area (Å²) in [6, 6.07) is 5.25. The number of unbranched alkanes of at least 4 members (excludes halogenated alkanes) is 2. The van der Waals surface area contributed by atoms with Crippen molar-refractivity contribution < 1.29 is 4.79 Å². The van der Waals surface area contributed by atoms with Crippen LogP contribution in [0.1, 0.15) is 37.8 Å². The average molecular weight is 253 g/mol. The first-order valence-corrected chi connectivity index (χ1v) is 6.44. The van der Waals surface area contributed by atoms with Crippen molar-refractivity contribution in [1.29, 1.82) is 0 Å². The average Bonchev–Trinajstić information content (AvgIpc) is 2.61. The minimum atomic E-state index is -0.249. The van der Waals surface area contributed by atoms with Crippen LogP contribution in [0.4, 0.5) is 5.69 Å². The zero-order valence-corrected chi connectivity index (χ0v) is 10.7. The number of fused-ring (bicyclic) bond motifs is 1. The number of hydrogen-bond acceptors (Lipinski definition) is 2. The molecule has 1 unspecified atom stereocenters. The maximum absolute atomic E-state index is 11.8. The fourth-order valence-electron chi connectivity index (χ4n) is 2.06. The smallest absolute Gasteiger partial charge is 0.246 e. The number of halogens is 1. The van der Waals surface area contributed by atoms with Gasteiger partial charge in [-0.1, -0.05) is 31.4 Å². The molecular weight excluding hydrogens is 236 g/mol. The summed E-state index contributed by atoms with van der Waals surface area (Å²) < 4.78 is 0. The third kappa shape index (κ3) is 2.79. The molecule has 1 aromatic carbocycles. The number of hydrogen-bond donors (Lipinski definition) is 2. The molecule has 0 aliphatic carbocycles. The molecular formula is C13H17ClN2O. The van der Waals surface area contributed by atoms with Gasteiger partial charge in [0.15, 0.2) is 0 Å². The molecule has 0 saturated carbocycles. The molecule has 92 valence electrons. The number of benzene rings is 1. The molecule has 0 bridgehead atoms. The van der Waals surface area contributed by atoms with E-state index < -0.39 is 0 Å². The Balaban J connectivity index is 2.03. The van der Waals surface area contributed by atoms with E-state index in [-0.39, 0.29) is 11.9 Å². The Bertz CT molecular complexity index is 420. The second-order valence-electron chi connectivity index (χ2n) is 4.32. The zero-order valence-electron chi connectivity index (χ0n) is 9.92. The molecule has 0 spiro atoms. The second-order valence-corrected chi connectivity index (χ2v) is 4.75. The molecule has 1 aromatic rings. The van der Waals surface area contributed by atoms with Crippen molar-refractivity contribution in [3.63, 3.8) is 0 Å². The van der Waals surface area contributed by atoms with E-state index in [2.05, 4.69) is 17.6 Å². The van der Waals surface area contributed by atoms with E-state index in [4.69, 9.17) is 11.6 Å². The van der Waals surface area contributed by atoms with Gasteiger partial charge in [-0.25, -0.2) is 0 Å². The van der Waals surface area contributed by atoms with E-state index in [0.29, 0.717) is 5.02 Å². The maximum Gasteiger partial charge on any atom is 0.246 e. The predicted octanol–water partition coefficient (Wildman–Crippen LogP) is 3.11. The summed E-state index contributed by atoms with van der Waals surface area (Å²) in [6.07, 6.45) is 3.46. The third-order valence-corrected chi connectivity index (χ3v) is 3.21. The highest BCUT2D eigenvalue weighted by Crippen LogP contribution is 2.32. The highest BCUT2D eigenvalue weighted by Gasteiger charge is 2.29. The lowest BCUT2D eigenvalue weighted by atomic mass is 10.1. The van der Waals surface area contributed by atoms with Crippen LogP contribution in [0.15, 0.2) is 18.2 Å². The molecule has 1 heterocycles. The van der Waals surface area contributed by atoms with Crippen LogP contribution in [-0.2, 0) is 4.79 Å². The molecule has 0 aromatic heterocycles. The Morgan fingerprint density at radius 2 is 2.24 bits per heavy atom. The monoisotopic (exact) mass is 252 g/mol. The summed E-state index contributed by atoms with van der Waals surface area (Å²) >= 11 is 5.95. The Labute approximate surface area is 107 Å². The highest BCUT2D eigenvalue weighted by molar-refractivity contribution is 6.31. The largest absolute Gasteiger partial charge is 0.324 e. The van der Waals surface area contributed by atoms with Gasteiger partial charge in [0.1, 0.15) is 6.04 Å². The van der Waals surface area contributed by atoms with Crippen LogP contribution in [0.2, 0.25) is 5.02 Å². The summed E-state index contributed by atoms with van der Waals surface area (Å²) in [7, 11) is 0. The van der Waals surface area contributed by atoms with Gasteiger partial charge in [0, 0.05) is 16.3 Å². The van der Waals surface area contributed by atoms with Crippen LogP contribution in [0.3, 0.4) is 0 Å². The zero-order chi connectivity index (χ0) is 12.3. The number of carbonyl (C=O) groups is 1. The second kappa shape index (κ2) is 5.52. The van der Waals surface area contributed by atoms with Gasteiger partial charge in [0.25, 0.3) is 0 Å². The van der Waals surface area contributed by atoms with Crippen LogP contribution >= 0.6 is 11.6 Å². The molecule has 4 heteroatoms. The summed E-state index contributed by atoms with van der Waals surface area (Å²) in [5.41, 5.74) is 1.83. The Hall–Kier alpha value is -1.06. The standard InChI is InChI=1S/C13H17ClN2O/c1-2-3-4-7-15-12-10-8-9(14)5-6-11(10)16-13(12)17/h5-6,8,12,15H,2-4,7H2,1H3,(H,16,17). The summed E-state index contributed by atoms with van der Waals surface area (Å²) in [5.74, 6) is 0.0127. The van der Waals surface area contributed by atoms with Crippen molar-refractivity contribution in [2.75, 3.05) is 11.9 Å². The summed E-state index contributed by atoms with van der Waals surface area (Å²) in [4.78, 5) is 11.8. The first-order chi connectivity index (χ1) is 8.22. The lowest BCUT2D eigenvalue weighted by Gasteiger charge is -2.11. The van der Waals surface area contributed by atoms with Crippen LogP contribution in [0.25, 0.3) is 0 Å². The van der Waals surface area contributed by atoms with Gasteiger partial charge in [-0.3, -0.25) is 4.79 Å². The Morgan fingerprint density at radius 3 is 3.00 bits per heavy atom. The van der Waals surface area contributed by atoms with Crippen LogP contribution in [0.5, 0.6) is 0 Å². The molecule has 1 aliphatic heterocycles. The van der Waals surface area contributed by atoms with Gasteiger partial charge in [-0.2, -0.15) is 0 Å². The number of anilines is 1. The van der Waals surface area contributed by atoms with Crippen molar-refractivity contribution in [2.45, 2.75) is 32.2 Å². The molecule has 2 rings (SSSR count). The van der Waals surface area contributed by atoms with Crippen molar-refractivity contribution in [3.8, 4) is 0 Å². The van der Waals surface area contributed by atoms with Crippen molar-refractivity contribution in [3.05, 3.63) is 28.8 Å². The van der Waals surface area contributed by atoms with Gasteiger partial charge >= 0.3 is 0 Å². The lowest BCUT2D eigenvalue weighted by Crippen LogP contribution is -2.28. The Kier molecular flexibility index (Phi) is 4.02. The van der Waals surface area contributed by atoms with E-state index >= 15 is 0 Å². The van der Waals surface area contributed by atoms with Crippen LogP contribution in [-0.4, -0.2) is 12.5 Å². The number of rotatable bonds is 5. The third-order valence-electron chi connectivity index (χ3n) is 2.97. The van der Waals surface area contributed by atoms with Gasteiger partial charge in [0.05, 0.1) is 0 Å². The predicted molar refractivity (Wildman–Crippen MR) is 70.4 cm³/mol. The van der Waals surface area contributed by atoms with Gasteiger partial charge < -0.3 is 10.6 Å².